The molecule has 0 radical (unpaired) electrons. The lowest BCUT2D eigenvalue weighted by Gasteiger charge is -2.33. The standard InChI is InChI=1S/C14H18ClNO2/c1-10(15)11-6-8-16(9-7-11)14(18)12-4-2-3-5-13(12)17/h2-5,10-11,17H,6-9H2,1H3. The Hall–Kier alpha value is -1.22. The van der Waals surface area contributed by atoms with Gasteiger partial charge in [0.15, 0.2) is 0 Å². The lowest BCUT2D eigenvalue weighted by Crippen LogP contribution is -2.40. The van der Waals surface area contributed by atoms with Gasteiger partial charge in [0.05, 0.1) is 5.56 Å². The Labute approximate surface area is 112 Å². The van der Waals surface area contributed by atoms with Crippen LogP contribution in [0, 0.1) is 5.92 Å². The van der Waals surface area contributed by atoms with Crippen LogP contribution in [-0.2, 0) is 0 Å². The van der Waals surface area contributed by atoms with Crippen LogP contribution in [0.3, 0.4) is 0 Å². The number of amides is 1. The lowest BCUT2D eigenvalue weighted by molar-refractivity contribution is 0.0687. The van der Waals surface area contributed by atoms with Crippen LogP contribution in [0.15, 0.2) is 24.3 Å². The molecule has 1 aliphatic rings. The molecule has 0 spiro atoms. The van der Waals surface area contributed by atoms with Gasteiger partial charge in [-0.15, -0.1) is 11.6 Å². The number of hydrogen-bond acceptors (Lipinski definition) is 2. The minimum absolute atomic E-state index is 0.0512. The zero-order valence-electron chi connectivity index (χ0n) is 10.5. The Morgan fingerprint density at radius 2 is 2.00 bits per heavy atom. The maximum absolute atomic E-state index is 12.2. The molecule has 0 bridgehead atoms. The Morgan fingerprint density at radius 3 is 2.56 bits per heavy atom. The summed E-state index contributed by atoms with van der Waals surface area (Å²) in [6.45, 7) is 3.44. The number of likely N-dealkylation sites (tertiary alicyclic amines) is 1. The second-order valence-electron chi connectivity index (χ2n) is 4.82. The van der Waals surface area contributed by atoms with Gasteiger partial charge in [0, 0.05) is 18.5 Å². The summed E-state index contributed by atoms with van der Waals surface area (Å²) in [5, 5.41) is 9.84. The van der Waals surface area contributed by atoms with Crippen molar-refractivity contribution >= 4 is 17.5 Å². The minimum Gasteiger partial charge on any atom is -0.507 e. The number of piperidine rings is 1. The van der Waals surface area contributed by atoms with E-state index in [0.29, 0.717) is 11.5 Å². The van der Waals surface area contributed by atoms with Gasteiger partial charge in [0.2, 0.25) is 0 Å². The average Bonchev–Trinajstić information content (AvgIpc) is 2.38. The summed E-state index contributed by atoms with van der Waals surface area (Å²) in [5.41, 5.74) is 0.384. The molecule has 2 rings (SSSR count). The van der Waals surface area contributed by atoms with E-state index >= 15 is 0 Å². The Balaban J connectivity index is 2.02. The molecule has 1 atom stereocenters. The molecule has 1 saturated heterocycles. The molecular formula is C14H18ClNO2. The third-order valence-electron chi connectivity index (χ3n) is 3.61. The first-order valence-electron chi connectivity index (χ1n) is 6.31. The van der Waals surface area contributed by atoms with Crippen molar-refractivity contribution in [1.29, 1.82) is 0 Å². The minimum atomic E-state index is -0.0891. The highest BCUT2D eigenvalue weighted by molar-refractivity contribution is 6.20. The van der Waals surface area contributed by atoms with E-state index in [4.69, 9.17) is 11.6 Å². The summed E-state index contributed by atoms with van der Waals surface area (Å²) in [6, 6.07) is 6.68. The van der Waals surface area contributed by atoms with Gasteiger partial charge < -0.3 is 10.0 Å². The van der Waals surface area contributed by atoms with Crippen molar-refractivity contribution in [2.75, 3.05) is 13.1 Å². The number of alkyl halides is 1. The van der Waals surface area contributed by atoms with Crippen molar-refractivity contribution in [2.24, 2.45) is 5.92 Å². The Morgan fingerprint density at radius 1 is 1.39 bits per heavy atom. The van der Waals surface area contributed by atoms with Gasteiger partial charge in [-0.05, 0) is 37.8 Å². The largest absolute Gasteiger partial charge is 0.507 e. The normalized spacial score (nSPS) is 18.7. The maximum atomic E-state index is 12.2. The third kappa shape index (κ3) is 2.78. The van der Waals surface area contributed by atoms with Crippen molar-refractivity contribution in [3.8, 4) is 5.75 Å². The number of rotatable bonds is 2. The molecular weight excluding hydrogens is 250 g/mol. The van der Waals surface area contributed by atoms with Crippen molar-refractivity contribution in [3.05, 3.63) is 29.8 Å². The molecule has 1 amide bonds. The monoisotopic (exact) mass is 267 g/mol. The summed E-state index contributed by atoms with van der Waals surface area (Å²) in [5.74, 6) is 0.448. The van der Waals surface area contributed by atoms with E-state index in [1.165, 1.54) is 0 Å². The topological polar surface area (TPSA) is 40.5 Å². The molecule has 0 aromatic heterocycles. The quantitative estimate of drug-likeness (QED) is 0.837. The summed E-state index contributed by atoms with van der Waals surface area (Å²) < 4.78 is 0. The number of para-hydroxylation sites is 1. The number of phenols is 1. The summed E-state index contributed by atoms with van der Waals surface area (Å²) in [7, 11) is 0. The molecule has 1 unspecified atom stereocenters. The van der Waals surface area contributed by atoms with Gasteiger partial charge in [0.25, 0.3) is 5.91 Å². The predicted molar refractivity (Wildman–Crippen MR) is 72.0 cm³/mol. The van der Waals surface area contributed by atoms with E-state index < -0.39 is 0 Å². The number of carbonyl (C=O) groups is 1. The van der Waals surface area contributed by atoms with Crippen LogP contribution >= 0.6 is 11.6 Å². The zero-order chi connectivity index (χ0) is 13.1. The molecule has 0 saturated carbocycles. The fourth-order valence-electron chi connectivity index (χ4n) is 2.39. The third-order valence-corrected chi connectivity index (χ3v) is 3.97. The van der Waals surface area contributed by atoms with Crippen LogP contribution in [0.1, 0.15) is 30.1 Å². The molecule has 4 heteroatoms. The highest BCUT2D eigenvalue weighted by atomic mass is 35.5. The van der Waals surface area contributed by atoms with E-state index in [1.807, 2.05) is 6.92 Å². The summed E-state index contributed by atoms with van der Waals surface area (Å²) in [4.78, 5) is 14.0. The number of carbonyl (C=O) groups excluding carboxylic acids is 1. The van der Waals surface area contributed by atoms with Crippen LogP contribution < -0.4 is 0 Å². The maximum Gasteiger partial charge on any atom is 0.257 e. The number of halogens is 1. The van der Waals surface area contributed by atoms with E-state index in [9.17, 15) is 9.90 Å². The Bertz CT molecular complexity index is 426. The van der Waals surface area contributed by atoms with E-state index in [2.05, 4.69) is 0 Å². The second-order valence-corrected chi connectivity index (χ2v) is 5.51. The van der Waals surface area contributed by atoms with E-state index in [-0.39, 0.29) is 17.0 Å². The molecule has 3 nitrogen and oxygen atoms in total. The van der Waals surface area contributed by atoms with Gasteiger partial charge in [0.1, 0.15) is 5.75 Å². The molecule has 1 heterocycles. The zero-order valence-corrected chi connectivity index (χ0v) is 11.2. The molecule has 0 aliphatic carbocycles. The average molecular weight is 268 g/mol. The van der Waals surface area contributed by atoms with Crippen LogP contribution in [0.5, 0.6) is 5.75 Å². The molecule has 98 valence electrons. The van der Waals surface area contributed by atoms with Crippen molar-refractivity contribution in [3.63, 3.8) is 0 Å². The highest BCUT2D eigenvalue weighted by Crippen LogP contribution is 2.26. The number of hydrogen-bond donors (Lipinski definition) is 1. The SMILES string of the molecule is CC(Cl)C1CCN(C(=O)c2ccccc2O)CC1. The van der Waals surface area contributed by atoms with Crippen LogP contribution in [0.2, 0.25) is 0 Å². The van der Waals surface area contributed by atoms with E-state index in [0.717, 1.165) is 25.9 Å². The first kappa shape index (κ1) is 13.2. The number of aromatic hydroxyl groups is 1. The van der Waals surface area contributed by atoms with Gasteiger partial charge >= 0.3 is 0 Å². The fourth-order valence-corrected chi connectivity index (χ4v) is 2.64. The number of nitrogens with zero attached hydrogens (tertiary/aromatic N) is 1. The molecule has 18 heavy (non-hydrogen) atoms. The number of phenolic OH excluding ortho intramolecular Hbond substituents is 1. The van der Waals surface area contributed by atoms with Crippen LogP contribution in [0.4, 0.5) is 0 Å². The van der Waals surface area contributed by atoms with Crippen molar-refractivity contribution in [2.45, 2.75) is 25.1 Å². The number of benzene rings is 1. The molecule has 1 aromatic carbocycles. The second kappa shape index (κ2) is 5.61. The summed E-state index contributed by atoms with van der Waals surface area (Å²) in [6.07, 6.45) is 1.87. The first-order valence-corrected chi connectivity index (χ1v) is 6.74. The first-order chi connectivity index (χ1) is 8.59. The lowest BCUT2D eigenvalue weighted by atomic mass is 9.93. The smallest absolute Gasteiger partial charge is 0.257 e. The van der Waals surface area contributed by atoms with Gasteiger partial charge in [-0.2, -0.15) is 0 Å². The highest BCUT2D eigenvalue weighted by Gasteiger charge is 2.26. The fraction of sp³-hybridized carbons (Fsp3) is 0.500. The molecule has 1 N–H and O–H groups in total. The van der Waals surface area contributed by atoms with Crippen LogP contribution in [0.25, 0.3) is 0 Å². The van der Waals surface area contributed by atoms with Crippen molar-refractivity contribution in [1.82, 2.24) is 4.90 Å². The molecule has 1 aliphatic heterocycles. The predicted octanol–water partition coefficient (Wildman–Crippen LogP) is 2.87. The Kier molecular flexibility index (Phi) is 4.12. The van der Waals surface area contributed by atoms with Gasteiger partial charge in [-0.1, -0.05) is 12.1 Å². The van der Waals surface area contributed by atoms with Gasteiger partial charge in [-0.3, -0.25) is 4.79 Å². The summed E-state index contributed by atoms with van der Waals surface area (Å²) >= 11 is 6.08. The van der Waals surface area contributed by atoms with Crippen LogP contribution in [-0.4, -0.2) is 34.4 Å². The van der Waals surface area contributed by atoms with Gasteiger partial charge in [-0.25, -0.2) is 0 Å². The molecule has 1 aromatic rings. The molecule has 1 fully saturated rings. The van der Waals surface area contributed by atoms with E-state index in [1.54, 1.807) is 29.2 Å². The van der Waals surface area contributed by atoms with Crippen molar-refractivity contribution < 1.29 is 9.90 Å².